The van der Waals surface area contributed by atoms with Crippen LogP contribution in [-0.2, 0) is 11.3 Å². The van der Waals surface area contributed by atoms with Crippen LogP contribution < -0.4 is 0 Å². The van der Waals surface area contributed by atoms with Gasteiger partial charge in [0.1, 0.15) is 0 Å². The summed E-state index contributed by atoms with van der Waals surface area (Å²) in [5, 5.41) is 7.87. The quantitative estimate of drug-likeness (QED) is 0.811. The second-order valence-electron chi connectivity index (χ2n) is 4.73. The Morgan fingerprint density at radius 1 is 1.44 bits per heavy atom. The molecule has 1 aromatic heterocycles. The molecule has 0 aliphatic carbocycles. The zero-order valence-corrected chi connectivity index (χ0v) is 10.5. The van der Waals surface area contributed by atoms with Gasteiger partial charge in [0, 0.05) is 19.0 Å². The van der Waals surface area contributed by atoms with Gasteiger partial charge >= 0.3 is 6.61 Å². The molecule has 1 aliphatic heterocycles. The number of ether oxygens (including phenoxy) is 1. The normalized spacial score (nSPS) is 21.3. The summed E-state index contributed by atoms with van der Waals surface area (Å²) in [7, 11) is 0. The molecule has 2 heterocycles. The van der Waals surface area contributed by atoms with Gasteiger partial charge in [-0.05, 0) is 6.42 Å². The molecule has 0 radical (unpaired) electrons. The van der Waals surface area contributed by atoms with Crippen LogP contribution in [0.1, 0.15) is 38.0 Å². The number of aromatic nitrogens is 2. The van der Waals surface area contributed by atoms with Crippen LogP contribution in [0.15, 0.2) is 4.42 Å². The molecule has 1 fully saturated rings. The van der Waals surface area contributed by atoms with Crippen molar-refractivity contribution < 1.29 is 17.9 Å². The van der Waals surface area contributed by atoms with Gasteiger partial charge in [0.15, 0.2) is 0 Å². The molecular weight excluding hydrogens is 244 g/mol. The van der Waals surface area contributed by atoms with Crippen molar-refractivity contribution in [2.45, 2.75) is 45.4 Å². The lowest BCUT2D eigenvalue weighted by Gasteiger charge is -2.13. The Kier molecular flexibility index (Phi) is 4.23. The van der Waals surface area contributed by atoms with Gasteiger partial charge in [-0.15, -0.1) is 10.2 Å². The minimum atomic E-state index is -2.70. The molecule has 1 atom stereocenters. The summed E-state index contributed by atoms with van der Waals surface area (Å²) < 4.78 is 34.1. The van der Waals surface area contributed by atoms with Crippen LogP contribution in [0.4, 0.5) is 8.78 Å². The Morgan fingerprint density at radius 2 is 2.22 bits per heavy atom. The standard InChI is InChI=1S/C11H17F2N3O2/c1-7(2)10-15-14-9(18-10)6-16-4-3-8(5-16)17-11(12)13/h7-8,11H,3-6H2,1-2H3/t8-/m0/s1. The molecule has 0 aromatic carbocycles. The summed E-state index contributed by atoms with van der Waals surface area (Å²) in [6.07, 6.45) is 0.202. The van der Waals surface area contributed by atoms with E-state index in [4.69, 9.17) is 4.42 Å². The van der Waals surface area contributed by atoms with Gasteiger partial charge in [0.2, 0.25) is 11.8 Å². The molecule has 102 valence electrons. The highest BCUT2D eigenvalue weighted by molar-refractivity contribution is 4.88. The van der Waals surface area contributed by atoms with E-state index in [9.17, 15) is 8.78 Å². The highest BCUT2D eigenvalue weighted by atomic mass is 19.3. The first-order chi connectivity index (χ1) is 8.54. The average Bonchev–Trinajstić information content (AvgIpc) is 2.88. The molecule has 1 saturated heterocycles. The Bertz CT molecular complexity index is 384. The molecule has 1 aliphatic rings. The lowest BCUT2D eigenvalue weighted by molar-refractivity contribution is -0.158. The molecule has 5 nitrogen and oxygen atoms in total. The van der Waals surface area contributed by atoms with E-state index in [0.717, 1.165) is 0 Å². The molecule has 0 N–H and O–H groups in total. The molecular formula is C11H17F2N3O2. The van der Waals surface area contributed by atoms with Gasteiger partial charge in [-0.2, -0.15) is 8.78 Å². The number of likely N-dealkylation sites (tertiary alicyclic amines) is 1. The maximum atomic E-state index is 12.1. The minimum absolute atomic E-state index is 0.194. The molecule has 18 heavy (non-hydrogen) atoms. The summed E-state index contributed by atoms with van der Waals surface area (Å²) in [6, 6.07) is 0. The predicted octanol–water partition coefficient (Wildman–Crippen LogP) is 2.01. The smallest absolute Gasteiger partial charge is 0.345 e. The van der Waals surface area contributed by atoms with Crippen LogP contribution in [-0.4, -0.2) is 40.9 Å². The topological polar surface area (TPSA) is 51.4 Å². The van der Waals surface area contributed by atoms with Crippen molar-refractivity contribution in [1.82, 2.24) is 15.1 Å². The molecule has 1 aromatic rings. The fraction of sp³-hybridized carbons (Fsp3) is 0.818. The van der Waals surface area contributed by atoms with Gasteiger partial charge in [-0.3, -0.25) is 4.90 Å². The SMILES string of the molecule is CC(C)c1nnc(CN2CC[C@H](OC(F)F)C2)o1. The van der Waals surface area contributed by atoms with Crippen LogP contribution in [0.2, 0.25) is 0 Å². The number of nitrogens with zero attached hydrogens (tertiary/aromatic N) is 3. The fourth-order valence-corrected chi connectivity index (χ4v) is 1.95. The highest BCUT2D eigenvalue weighted by Crippen LogP contribution is 2.19. The molecule has 0 bridgehead atoms. The summed E-state index contributed by atoms with van der Waals surface area (Å²) in [5.74, 6) is 1.32. The third kappa shape index (κ3) is 3.46. The highest BCUT2D eigenvalue weighted by Gasteiger charge is 2.26. The van der Waals surface area contributed by atoms with E-state index in [0.29, 0.717) is 37.8 Å². The van der Waals surface area contributed by atoms with E-state index >= 15 is 0 Å². The van der Waals surface area contributed by atoms with Gasteiger partial charge in [-0.25, -0.2) is 0 Å². The second-order valence-corrected chi connectivity index (χ2v) is 4.73. The van der Waals surface area contributed by atoms with E-state index in [2.05, 4.69) is 14.9 Å². The maximum Gasteiger partial charge on any atom is 0.345 e. The van der Waals surface area contributed by atoms with E-state index < -0.39 is 12.7 Å². The van der Waals surface area contributed by atoms with Gasteiger partial charge in [0.05, 0.1) is 12.6 Å². The number of hydrogen-bond donors (Lipinski definition) is 0. The summed E-state index contributed by atoms with van der Waals surface area (Å²) in [4.78, 5) is 1.98. The van der Waals surface area contributed by atoms with Crippen LogP contribution in [0.25, 0.3) is 0 Å². The third-order valence-electron chi connectivity index (χ3n) is 2.86. The molecule has 0 amide bonds. The van der Waals surface area contributed by atoms with Crippen molar-refractivity contribution in [1.29, 1.82) is 0 Å². The molecule has 0 spiro atoms. The van der Waals surface area contributed by atoms with Crippen molar-refractivity contribution >= 4 is 0 Å². The molecule has 0 saturated carbocycles. The summed E-state index contributed by atoms with van der Waals surface area (Å²) >= 11 is 0. The number of hydrogen-bond acceptors (Lipinski definition) is 5. The van der Waals surface area contributed by atoms with E-state index in [-0.39, 0.29) is 5.92 Å². The van der Waals surface area contributed by atoms with Crippen LogP contribution >= 0.6 is 0 Å². The van der Waals surface area contributed by atoms with Crippen molar-refractivity contribution in [3.8, 4) is 0 Å². The second kappa shape index (κ2) is 5.71. The Labute approximate surface area is 104 Å². The van der Waals surface area contributed by atoms with Gasteiger partial charge < -0.3 is 9.15 Å². The zero-order chi connectivity index (χ0) is 13.1. The van der Waals surface area contributed by atoms with E-state index in [1.807, 2.05) is 18.7 Å². The summed E-state index contributed by atoms with van der Waals surface area (Å²) in [6.45, 7) is 2.91. The zero-order valence-electron chi connectivity index (χ0n) is 10.5. The predicted molar refractivity (Wildman–Crippen MR) is 59.2 cm³/mol. The molecule has 7 heteroatoms. The van der Waals surface area contributed by atoms with Crippen molar-refractivity contribution in [3.63, 3.8) is 0 Å². The Morgan fingerprint density at radius 3 is 2.83 bits per heavy atom. The van der Waals surface area contributed by atoms with Crippen LogP contribution in [0.5, 0.6) is 0 Å². The molecule has 2 rings (SSSR count). The van der Waals surface area contributed by atoms with Crippen molar-refractivity contribution in [2.24, 2.45) is 0 Å². The lowest BCUT2D eigenvalue weighted by atomic mass is 10.2. The Balaban J connectivity index is 1.83. The maximum absolute atomic E-state index is 12.1. The number of rotatable bonds is 5. The molecule has 0 unspecified atom stereocenters. The van der Waals surface area contributed by atoms with Crippen molar-refractivity contribution in [3.05, 3.63) is 11.8 Å². The van der Waals surface area contributed by atoms with Crippen molar-refractivity contribution in [2.75, 3.05) is 13.1 Å². The number of halogens is 2. The Hall–Kier alpha value is -1.08. The number of alkyl halides is 2. The largest absolute Gasteiger partial charge is 0.424 e. The summed E-state index contributed by atoms with van der Waals surface area (Å²) in [5.41, 5.74) is 0. The van der Waals surface area contributed by atoms with Gasteiger partial charge in [0.25, 0.3) is 0 Å². The third-order valence-corrected chi connectivity index (χ3v) is 2.86. The average molecular weight is 261 g/mol. The van der Waals surface area contributed by atoms with Gasteiger partial charge in [-0.1, -0.05) is 13.8 Å². The van der Waals surface area contributed by atoms with E-state index in [1.54, 1.807) is 0 Å². The van der Waals surface area contributed by atoms with Crippen LogP contribution in [0, 0.1) is 0 Å². The van der Waals surface area contributed by atoms with Crippen LogP contribution in [0.3, 0.4) is 0 Å². The van der Waals surface area contributed by atoms with E-state index in [1.165, 1.54) is 0 Å². The first-order valence-corrected chi connectivity index (χ1v) is 6.03. The fourth-order valence-electron chi connectivity index (χ4n) is 1.95. The lowest BCUT2D eigenvalue weighted by Crippen LogP contribution is -2.24. The first-order valence-electron chi connectivity index (χ1n) is 6.03. The minimum Gasteiger partial charge on any atom is -0.424 e. The first kappa shape index (κ1) is 13.4. The monoisotopic (exact) mass is 261 g/mol.